The Morgan fingerprint density at radius 3 is 1.00 bits per heavy atom. The van der Waals surface area contributed by atoms with Crippen LogP contribution in [0.25, 0.3) is 66.3 Å². The molecule has 0 spiro atoms. The topological polar surface area (TPSA) is 25.8 Å². The van der Waals surface area contributed by atoms with Crippen molar-refractivity contribution in [1.29, 1.82) is 0 Å². The highest BCUT2D eigenvalue weighted by molar-refractivity contribution is 6.21. The summed E-state index contributed by atoms with van der Waals surface area (Å²) in [6.07, 6.45) is 5.95. The number of hydrogen-bond donors (Lipinski definition) is 0. The van der Waals surface area contributed by atoms with Crippen LogP contribution in [0, 0.1) is 0 Å². The summed E-state index contributed by atoms with van der Waals surface area (Å²) < 4.78 is 0. The third-order valence-corrected chi connectivity index (χ3v) is 8.34. The fraction of sp³-hybridized carbons (Fsp3) is 0.100. The maximum Gasteiger partial charge on any atom is 0.0702 e. The molecule has 0 aliphatic carbocycles. The minimum absolute atomic E-state index is 0.997. The summed E-state index contributed by atoms with van der Waals surface area (Å²) in [6.45, 7) is 4.31. The van der Waals surface area contributed by atoms with Gasteiger partial charge in [0.25, 0.3) is 0 Å². The SMILES string of the molecule is CCc1ccc(-c2ccc(-c3c4ccccc4c(-c4ccc(-c5ccc(CC)cn5)cc4)c4ccccc34)cc2)nc1. The predicted molar refractivity (Wildman–Crippen MR) is 178 cm³/mol. The van der Waals surface area contributed by atoms with Gasteiger partial charge >= 0.3 is 0 Å². The molecule has 5 aromatic carbocycles. The number of aryl methyl sites for hydroxylation is 2. The second-order valence-corrected chi connectivity index (χ2v) is 10.8. The van der Waals surface area contributed by atoms with Crippen LogP contribution in [0.5, 0.6) is 0 Å². The van der Waals surface area contributed by atoms with Gasteiger partial charge in [0.05, 0.1) is 11.4 Å². The van der Waals surface area contributed by atoms with Crippen LogP contribution in [0.4, 0.5) is 0 Å². The average Bonchev–Trinajstić information content (AvgIpc) is 3.07. The lowest BCUT2D eigenvalue weighted by atomic mass is 9.85. The fourth-order valence-electron chi connectivity index (χ4n) is 5.97. The van der Waals surface area contributed by atoms with Gasteiger partial charge in [-0.15, -0.1) is 0 Å². The van der Waals surface area contributed by atoms with Crippen molar-refractivity contribution in [3.63, 3.8) is 0 Å². The summed E-state index contributed by atoms with van der Waals surface area (Å²) in [5.41, 5.74) is 11.7. The van der Waals surface area contributed by atoms with E-state index in [0.29, 0.717) is 0 Å². The van der Waals surface area contributed by atoms with Crippen LogP contribution in [-0.2, 0) is 12.8 Å². The zero-order chi connectivity index (χ0) is 28.5. The van der Waals surface area contributed by atoms with Crippen LogP contribution in [0.3, 0.4) is 0 Å². The van der Waals surface area contributed by atoms with Gasteiger partial charge in [0.1, 0.15) is 0 Å². The molecule has 2 heterocycles. The fourth-order valence-corrected chi connectivity index (χ4v) is 5.97. The Labute approximate surface area is 247 Å². The Kier molecular flexibility index (Phi) is 6.81. The van der Waals surface area contributed by atoms with Gasteiger partial charge in [-0.3, -0.25) is 9.97 Å². The highest BCUT2D eigenvalue weighted by Gasteiger charge is 2.16. The van der Waals surface area contributed by atoms with Crippen molar-refractivity contribution in [2.24, 2.45) is 0 Å². The van der Waals surface area contributed by atoms with Gasteiger partial charge in [-0.2, -0.15) is 0 Å². The maximum absolute atomic E-state index is 4.70. The number of fused-ring (bicyclic) bond motifs is 2. The molecule has 0 fully saturated rings. The number of aromatic nitrogens is 2. The number of pyridine rings is 2. The molecule has 0 atom stereocenters. The van der Waals surface area contributed by atoms with E-state index in [1.54, 1.807) is 0 Å². The monoisotopic (exact) mass is 540 g/mol. The van der Waals surface area contributed by atoms with Crippen LogP contribution < -0.4 is 0 Å². The standard InChI is InChI=1S/C40H32N2/c1-3-27-13-23-37(41-25-27)29-15-19-31(20-16-29)39-33-9-5-7-11-35(33)40(36-12-8-6-10-34(36)39)32-21-17-30(18-22-32)38-24-14-28(4-2)26-42-38/h5-26H,3-4H2,1-2H3. The summed E-state index contributed by atoms with van der Waals surface area (Å²) in [6, 6.07) is 43.9. The molecule has 0 unspecified atom stereocenters. The molecule has 2 heteroatoms. The lowest BCUT2D eigenvalue weighted by Crippen LogP contribution is -1.92. The molecule has 0 aliphatic heterocycles. The summed E-state index contributed by atoms with van der Waals surface area (Å²) >= 11 is 0. The molecule has 7 aromatic rings. The van der Waals surface area contributed by atoms with E-state index in [-0.39, 0.29) is 0 Å². The molecule has 0 N–H and O–H groups in total. The smallest absolute Gasteiger partial charge is 0.0702 e. The van der Waals surface area contributed by atoms with Crippen LogP contribution >= 0.6 is 0 Å². The molecule has 7 rings (SSSR count). The molecule has 202 valence electrons. The third-order valence-electron chi connectivity index (χ3n) is 8.34. The minimum Gasteiger partial charge on any atom is -0.256 e. The Bertz CT molecular complexity index is 1800. The zero-order valence-electron chi connectivity index (χ0n) is 24.0. The highest BCUT2D eigenvalue weighted by atomic mass is 14.7. The molecular weight excluding hydrogens is 508 g/mol. The number of benzene rings is 5. The van der Waals surface area contributed by atoms with E-state index in [2.05, 4.69) is 135 Å². The van der Waals surface area contributed by atoms with Gasteiger partial charge in [-0.1, -0.05) is 123 Å². The number of rotatable bonds is 6. The van der Waals surface area contributed by atoms with Crippen molar-refractivity contribution < 1.29 is 0 Å². The number of nitrogens with zero attached hydrogens (tertiary/aromatic N) is 2. The van der Waals surface area contributed by atoms with Gasteiger partial charge in [-0.25, -0.2) is 0 Å². The van der Waals surface area contributed by atoms with Gasteiger partial charge in [0.15, 0.2) is 0 Å². The molecule has 42 heavy (non-hydrogen) atoms. The summed E-state index contributed by atoms with van der Waals surface area (Å²) in [7, 11) is 0. The van der Waals surface area contributed by atoms with E-state index in [1.807, 2.05) is 12.4 Å². The Balaban J connectivity index is 1.35. The summed E-state index contributed by atoms with van der Waals surface area (Å²) in [5, 5.41) is 5.02. The first-order valence-corrected chi connectivity index (χ1v) is 14.8. The second-order valence-electron chi connectivity index (χ2n) is 10.8. The largest absolute Gasteiger partial charge is 0.256 e. The summed E-state index contributed by atoms with van der Waals surface area (Å²) in [5.74, 6) is 0. The van der Waals surface area contributed by atoms with Crippen LogP contribution in [0.1, 0.15) is 25.0 Å². The van der Waals surface area contributed by atoms with Crippen molar-refractivity contribution >= 4 is 21.5 Å². The molecule has 2 aromatic heterocycles. The van der Waals surface area contributed by atoms with Gasteiger partial charge in [0, 0.05) is 23.5 Å². The van der Waals surface area contributed by atoms with Gasteiger partial charge in [-0.05, 0) is 79.9 Å². The molecule has 0 saturated carbocycles. The van der Waals surface area contributed by atoms with E-state index < -0.39 is 0 Å². The van der Waals surface area contributed by atoms with E-state index in [1.165, 1.54) is 54.9 Å². The quantitative estimate of drug-likeness (QED) is 0.196. The van der Waals surface area contributed by atoms with E-state index in [9.17, 15) is 0 Å². The Hall–Kier alpha value is -5.08. The molecule has 2 nitrogen and oxygen atoms in total. The highest BCUT2D eigenvalue weighted by Crippen LogP contribution is 2.44. The van der Waals surface area contributed by atoms with Crippen molar-refractivity contribution in [1.82, 2.24) is 9.97 Å². The van der Waals surface area contributed by atoms with Crippen LogP contribution in [0.15, 0.2) is 134 Å². The normalized spacial score (nSPS) is 11.3. The lowest BCUT2D eigenvalue weighted by Gasteiger charge is -2.18. The summed E-state index contributed by atoms with van der Waals surface area (Å²) in [4.78, 5) is 9.39. The minimum atomic E-state index is 0.997. The third kappa shape index (κ3) is 4.65. The first-order chi connectivity index (χ1) is 20.7. The molecule has 0 bridgehead atoms. The maximum atomic E-state index is 4.70. The lowest BCUT2D eigenvalue weighted by molar-refractivity contribution is 1.11. The Morgan fingerprint density at radius 1 is 0.381 bits per heavy atom. The number of hydrogen-bond acceptors (Lipinski definition) is 2. The van der Waals surface area contributed by atoms with Crippen molar-refractivity contribution in [2.45, 2.75) is 26.7 Å². The van der Waals surface area contributed by atoms with E-state index in [4.69, 9.17) is 9.97 Å². The molecule has 0 saturated heterocycles. The van der Waals surface area contributed by atoms with Gasteiger partial charge < -0.3 is 0 Å². The Morgan fingerprint density at radius 2 is 0.714 bits per heavy atom. The van der Waals surface area contributed by atoms with Crippen LogP contribution in [0.2, 0.25) is 0 Å². The average molecular weight is 541 g/mol. The van der Waals surface area contributed by atoms with Crippen molar-refractivity contribution in [2.75, 3.05) is 0 Å². The predicted octanol–water partition coefficient (Wildman–Crippen LogP) is 10.6. The van der Waals surface area contributed by atoms with Gasteiger partial charge in [0.2, 0.25) is 0 Å². The van der Waals surface area contributed by atoms with Crippen LogP contribution in [-0.4, -0.2) is 9.97 Å². The van der Waals surface area contributed by atoms with E-state index in [0.717, 1.165) is 35.4 Å². The molecule has 0 aliphatic rings. The molecule has 0 radical (unpaired) electrons. The van der Waals surface area contributed by atoms with Crippen molar-refractivity contribution in [3.8, 4) is 44.8 Å². The van der Waals surface area contributed by atoms with Crippen molar-refractivity contribution in [3.05, 3.63) is 145 Å². The first-order valence-electron chi connectivity index (χ1n) is 14.8. The second kappa shape index (κ2) is 11.1. The van der Waals surface area contributed by atoms with E-state index >= 15 is 0 Å². The first kappa shape index (κ1) is 25.9. The molecular formula is C40H32N2. The zero-order valence-corrected chi connectivity index (χ0v) is 24.0. The molecule has 0 amide bonds.